The summed E-state index contributed by atoms with van der Waals surface area (Å²) in [5.74, 6) is 1.10. The molecule has 0 radical (unpaired) electrons. The lowest BCUT2D eigenvalue weighted by atomic mass is 10.2. The highest BCUT2D eigenvalue weighted by Crippen LogP contribution is 2.31. The van der Waals surface area contributed by atoms with Crippen molar-refractivity contribution in [3.05, 3.63) is 65.4 Å². The monoisotopic (exact) mass is 412 g/mol. The third kappa shape index (κ3) is 4.56. The van der Waals surface area contributed by atoms with Crippen molar-refractivity contribution in [2.24, 2.45) is 0 Å². The molecule has 0 saturated heterocycles. The van der Waals surface area contributed by atoms with Crippen molar-refractivity contribution in [3.8, 4) is 22.1 Å². The average molecular weight is 412 g/mol. The third-order valence-electron chi connectivity index (χ3n) is 4.68. The standard InChI is InChI=1S/C22H21FN2O3S/c1-2-25(12-18-13-27-19-8-3-4-9-20(19)28-18)21(26)11-17-14-29-22(24-17)15-6-5-7-16(23)10-15/h3-10,14,18H,2,11-13H2,1H3. The van der Waals surface area contributed by atoms with Gasteiger partial charge in [0.25, 0.3) is 0 Å². The summed E-state index contributed by atoms with van der Waals surface area (Å²) in [6.07, 6.45) is -0.0174. The van der Waals surface area contributed by atoms with Gasteiger partial charge in [-0.2, -0.15) is 0 Å². The minimum Gasteiger partial charge on any atom is -0.486 e. The largest absolute Gasteiger partial charge is 0.486 e. The Morgan fingerprint density at radius 3 is 2.86 bits per heavy atom. The third-order valence-corrected chi connectivity index (χ3v) is 5.62. The molecule has 2 aromatic carbocycles. The molecule has 1 aliphatic heterocycles. The van der Waals surface area contributed by atoms with Crippen LogP contribution in [0.25, 0.3) is 10.6 Å². The van der Waals surface area contributed by atoms with E-state index in [0.29, 0.717) is 41.7 Å². The second-order valence-electron chi connectivity index (χ2n) is 6.76. The van der Waals surface area contributed by atoms with Gasteiger partial charge < -0.3 is 14.4 Å². The van der Waals surface area contributed by atoms with Crippen LogP contribution in [0, 0.1) is 5.82 Å². The molecule has 4 rings (SSSR count). The van der Waals surface area contributed by atoms with Crippen LogP contribution in [-0.4, -0.2) is 41.6 Å². The van der Waals surface area contributed by atoms with Gasteiger partial charge in [0.05, 0.1) is 18.7 Å². The highest BCUT2D eigenvalue weighted by atomic mass is 32.1. The molecule has 5 nitrogen and oxygen atoms in total. The normalized spacial score (nSPS) is 15.2. The summed E-state index contributed by atoms with van der Waals surface area (Å²) in [7, 11) is 0. The van der Waals surface area contributed by atoms with Gasteiger partial charge in [0.2, 0.25) is 5.91 Å². The van der Waals surface area contributed by atoms with E-state index in [-0.39, 0.29) is 24.2 Å². The maximum atomic E-state index is 13.4. The van der Waals surface area contributed by atoms with E-state index in [1.165, 1.54) is 23.5 Å². The number of carbonyl (C=O) groups is 1. The van der Waals surface area contributed by atoms with Crippen LogP contribution in [-0.2, 0) is 11.2 Å². The minimum absolute atomic E-state index is 0.0222. The summed E-state index contributed by atoms with van der Waals surface area (Å²) in [6.45, 7) is 3.36. The Bertz CT molecular complexity index is 1010. The number of thiazole rings is 1. The van der Waals surface area contributed by atoms with E-state index < -0.39 is 0 Å². The Kier molecular flexibility index (Phi) is 5.76. The molecule has 0 aliphatic carbocycles. The van der Waals surface area contributed by atoms with Crippen LogP contribution in [0.15, 0.2) is 53.9 Å². The molecule has 1 atom stereocenters. The maximum absolute atomic E-state index is 13.4. The second-order valence-corrected chi connectivity index (χ2v) is 7.62. The van der Waals surface area contributed by atoms with Crippen LogP contribution < -0.4 is 9.47 Å². The number of benzene rings is 2. The van der Waals surface area contributed by atoms with Crippen molar-refractivity contribution in [2.45, 2.75) is 19.4 Å². The fourth-order valence-corrected chi connectivity index (χ4v) is 4.03. The number of nitrogens with zero attached hydrogens (tertiary/aromatic N) is 2. The number of likely N-dealkylation sites (N-methyl/N-ethyl adjacent to an activating group) is 1. The molecule has 1 amide bonds. The molecule has 0 spiro atoms. The molecule has 1 unspecified atom stereocenters. The molecule has 1 aliphatic rings. The molecule has 0 saturated carbocycles. The van der Waals surface area contributed by atoms with Crippen molar-refractivity contribution in [3.63, 3.8) is 0 Å². The fraction of sp³-hybridized carbons (Fsp3) is 0.273. The Hall–Kier alpha value is -2.93. The molecule has 7 heteroatoms. The Labute approximate surface area is 172 Å². The van der Waals surface area contributed by atoms with Crippen LogP contribution in [0.3, 0.4) is 0 Å². The summed E-state index contributed by atoms with van der Waals surface area (Å²) >= 11 is 1.41. The van der Waals surface area contributed by atoms with Crippen LogP contribution >= 0.6 is 11.3 Å². The van der Waals surface area contributed by atoms with Gasteiger partial charge in [-0.05, 0) is 31.2 Å². The van der Waals surface area contributed by atoms with Crippen molar-refractivity contribution in [2.75, 3.05) is 19.7 Å². The number of carbonyl (C=O) groups excluding carboxylic acids is 1. The van der Waals surface area contributed by atoms with Gasteiger partial charge >= 0.3 is 0 Å². The highest BCUT2D eigenvalue weighted by Gasteiger charge is 2.25. The number of fused-ring (bicyclic) bond motifs is 1. The van der Waals surface area contributed by atoms with E-state index in [0.717, 1.165) is 5.75 Å². The molecular weight excluding hydrogens is 391 g/mol. The lowest BCUT2D eigenvalue weighted by molar-refractivity contribution is -0.131. The van der Waals surface area contributed by atoms with Gasteiger partial charge in [0.15, 0.2) is 17.6 Å². The predicted octanol–water partition coefficient (Wildman–Crippen LogP) is 4.18. The molecule has 29 heavy (non-hydrogen) atoms. The van der Waals surface area contributed by atoms with Crippen LogP contribution in [0.2, 0.25) is 0 Å². The zero-order valence-corrected chi connectivity index (χ0v) is 16.8. The number of aromatic nitrogens is 1. The van der Waals surface area contributed by atoms with Crippen molar-refractivity contribution in [1.82, 2.24) is 9.88 Å². The van der Waals surface area contributed by atoms with Crippen LogP contribution in [0.1, 0.15) is 12.6 Å². The van der Waals surface area contributed by atoms with Crippen molar-refractivity contribution in [1.29, 1.82) is 0 Å². The SMILES string of the molecule is CCN(CC1COc2ccccc2O1)C(=O)Cc1csc(-c2cccc(F)c2)n1. The number of para-hydroxylation sites is 2. The summed E-state index contributed by atoms with van der Waals surface area (Å²) in [5, 5.41) is 2.55. The van der Waals surface area contributed by atoms with E-state index in [1.807, 2.05) is 42.6 Å². The van der Waals surface area contributed by atoms with Gasteiger partial charge in [-0.3, -0.25) is 4.79 Å². The summed E-state index contributed by atoms with van der Waals surface area (Å²) in [6, 6.07) is 13.8. The topological polar surface area (TPSA) is 51.7 Å². The summed E-state index contributed by atoms with van der Waals surface area (Å²) < 4.78 is 25.1. The Morgan fingerprint density at radius 1 is 1.24 bits per heavy atom. The first-order valence-electron chi connectivity index (χ1n) is 9.49. The van der Waals surface area contributed by atoms with Crippen LogP contribution in [0.5, 0.6) is 11.5 Å². The number of halogens is 1. The predicted molar refractivity (Wildman–Crippen MR) is 110 cm³/mol. The van der Waals surface area contributed by atoms with Gasteiger partial charge in [-0.15, -0.1) is 11.3 Å². The first kappa shape index (κ1) is 19.4. The Balaban J connectivity index is 1.38. The van der Waals surface area contributed by atoms with E-state index in [4.69, 9.17) is 9.47 Å². The molecule has 0 N–H and O–H groups in total. The number of amides is 1. The first-order valence-corrected chi connectivity index (χ1v) is 10.4. The Morgan fingerprint density at radius 2 is 2.07 bits per heavy atom. The van der Waals surface area contributed by atoms with Gasteiger partial charge in [-0.1, -0.05) is 24.3 Å². The molecule has 0 fully saturated rings. The van der Waals surface area contributed by atoms with Crippen LogP contribution in [0.4, 0.5) is 4.39 Å². The highest BCUT2D eigenvalue weighted by molar-refractivity contribution is 7.13. The molecule has 1 aromatic heterocycles. The molecule has 150 valence electrons. The second kappa shape index (κ2) is 8.61. The van der Waals surface area contributed by atoms with Gasteiger partial charge in [-0.25, -0.2) is 9.37 Å². The number of rotatable bonds is 6. The maximum Gasteiger partial charge on any atom is 0.228 e. The van der Waals surface area contributed by atoms with Gasteiger partial charge in [0, 0.05) is 17.5 Å². The zero-order valence-electron chi connectivity index (χ0n) is 16.0. The minimum atomic E-state index is -0.302. The molecule has 0 bridgehead atoms. The first-order chi connectivity index (χ1) is 14.1. The summed E-state index contributed by atoms with van der Waals surface area (Å²) in [4.78, 5) is 19.1. The quantitative estimate of drug-likeness (QED) is 0.610. The fourth-order valence-electron chi connectivity index (χ4n) is 3.22. The number of hydrogen-bond acceptors (Lipinski definition) is 5. The number of ether oxygens (including phenoxy) is 2. The van der Waals surface area contributed by atoms with Gasteiger partial charge in [0.1, 0.15) is 17.4 Å². The van der Waals surface area contributed by atoms with E-state index in [1.54, 1.807) is 11.0 Å². The molecular formula is C22H21FN2O3S. The van der Waals surface area contributed by atoms with E-state index >= 15 is 0 Å². The van der Waals surface area contributed by atoms with Crippen molar-refractivity contribution >= 4 is 17.2 Å². The average Bonchev–Trinajstić information content (AvgIpc) is 3.20. The lowest BCUT2D eigenvalue weighted by Crippen LogP contribution is -2.44. The smallest absolute Gasteiger partial charge is 0.228 e. The van der Waals surface area contributed by atoms with Crippen molar-refractivity contribution < 1.29 is 18.7 Å². The lowest BCUT2D eigenvalue weighted by Gasteiger charge is -2.30. The molecule has 2 heterocycles. The van der Waals surface area contributed by atoms with E-state index in [9.17, 15) is 9.18 Å². The zero-order chi connectivity index (χ0) is 20.2. The number of hydrogen-bond donors (Lipinski definition) is 0. The van der Waals surface area contributed by atoms with E-state index in [2.05, 4.69) is 4.98 Å². The summed E-state index contributed by atoms with van der Waals surface area (Å²) in [5.41, 5.74) is 1.40. The molecule has 3 aromatic rings.